The SMILES string of the molecule is c1ccc2sc(CN3CCCNC(C4CC4)C3)nc2c1. The van der Waals surface area contributed by atoms with E-state index in [9.17, 15) is 0 Å². The lowest BCUT2D eigenvalue weighted by Crippen LogP contribution is -2.38. The largest absolute Gasteiger partial charge is 0.312 e. The number of fused-ring (bicyclic) bond motifs is 1. The van der Waals surface area contributed by atoms with Gasteiger partial charge in [-0.1, -0.05) is 12.1 Å². The van der Waals surface area contributed by atoms with E-state index in [-0.39, 0.29) is 0 Å². The van der Waals surface area contributed by atoms with Gasteiger partial charge in [0.15, 0.2) is 0 Å². The lowest BCUT2D eigenvalue weighted by atomic mass is 10.2. The Bertz CT molecular complexity index is 557. The molecule has 1 aromatic carbocycles. The molecule has 1 aliphatic heterocycles. The Morgan fingerprint density at radius 2 is 2.20 bits per heavy atom. The third-order valence-electron chi connectivity index (χ3n) is 4.40. The smallest absolute Gasteiger partial charge is 0.108 e. The maximum Gasteiger partial charge on any atom is 0.108 e. The van der Waals surface area contributed by atoms with Crippen molar-refractivity contribution in [3.05, 3.63) is 29.3 Å². The molecule has 0 bridgehead atoms. The van der Waals surface area contributed by atoms with Crippen LogP contribution in [-0.2, 0) is 6.54 Å². The number of thiazole rings is 1. The van der Waals surface area contributed by atoms with Gasteiger partial charge in [0.25, 0.3) is 0 Å². The zero-order chi connectivity index (χ0) is 13.4. The van der Waals surface area contributed by atoms with E-state index in [4.69, 9.17) is 4.98 Å². The molecule has 2 fully saturated rings. The Morgan fingerprint density at radius 3 is 3.05 bits per heavy atom. The van der Waals surface area contributed by atoms with Crippen molar-refractivity contribution in [2.24, 2.45) is 5.92 Å². The molecule has 1 saturated heterocycles. The van der Waals surface area contributed by atoms with E-state index < -0.39 is 0 Å². The van der Waals surface area contributed by atoms with Crippen molar-refractivity contribution in [1.29, 1.82) is 0 Å². The van der Waals surface area contributed by atoms with Gasteiger partial charge in [0.2, 0.25) is 0 Å². The van der Waals surface area contributed by atoms with E-state index in [1.807, 2.05) is 11.3 Å². The second-order valence-electron chi connectivity index (χ2n) is 6.06. The summed E-state index contributed by atoms with van der Waals surface area (Å²) in [4.78, 5) is 7.38. The fourth-order valence-corrected chi connectivity index (χ4v) is 4.17. The van der Waals surface area contributed by atoms with E-state index in [0.717, 1.165) is 18.0 Å². The molecule has 1 aliphatic carbocycles. The second-order valence-corrected chi connectivity index (χ2v) is 7.18. The van der Waals surface area contributed by atoms with Crippen LogP contribution in [-0.4, -0.2) is 35.6 Å². The Hall–Kier alpha value is -0.970. The van der Waals surface area contributed by atoms with Gasteiger partial charge in [-0.3, -0.25) is 4.90 Å². The van der Waals surface area contributed by atoms with E-state index in [1.165, 1.54) is 48.6 Å². The molecule has 1 atom stereocenters. The van der Waals surface area contributed by atoms with Crippen molar-refractivity contribution < 1.29 is 0 Å². The van der Waals surface area contributed by atoms with Gasteiger partial charge < -0.3 is 5.32 Å². The molecule has 1 unspecified atom stereocenters. The molecule has 1 aromatic heterocycles. The third-order valence-corrected chi connectivity index (χ3v) is 5.42. The predicted octanol–water partition coefficient (Wildman–Crippen LogP) is 2.87. The predicted molar refractivity (Wildman–Crippen MR) is 84.0 cm³/mol. The Kier molecular flexibility index (Phi) is 3.46. The van der Waals surface area contributed by atoms with Gasteiger partial charge in [-0.2, -0.15) is 0 Å². The van der Waals surface area contributed by atoms with Crippen molar-refractivity contribution in [3.8, 4) is 0 Å². The Morgan fingerprint density at radius 1 is 1.30 bits per heavy atom. The maximum atomic E-state index is 4.78. The van der Waals surface area contributed by atoms with Crippen LogP contribution < -0.4 is 5.32 Å². The van der Waals surface area contributed by atoms with Crippen molar-refractivity contribution in [1.82, 2.24) is 15.2 Å². The molecule has 20 heavy (non-hydrogen) atoms. The molecular weight excluding hydrogens is 266 g/mol. The summed E-state index contributed by atoms with van der Waals surface area (Å²) >= 11 is 1.85. The maximum absolute atomic E-state index is 4.78. The van der Waals surface area contributed by atoms with Crippen LogP contribution in [0.4, 0.5) is 0 Å². The number of hydrogen-bond donors (Lipinski definition) is 1. The first-order valence-corrected chi connectivity index (χ1v) is 8.50. The Balaban J connectivity index is 1.48. The first-order valence-electron chi connectivity index (χ1n) is 7.69. The first-order chi connectivity index (χ1) is 9.88. The number of benzene rings is 1. The highest BCUT2D eigenvalue weighted by Crippen LogP contribution is 2.34. The molecule has 4 rings (SSSR count). The fourth-order valence-electron chi connectivity index (χ4n) is 3.16. The topological polar surface area (TPSA) is 28.2 Å². The van der Waals surface area contributed by atoms with E-state index in [1.54, 1.807) is 0 Å². The van der Waals surface area contributed by atoms with Crippen molar-refractivity contribution in [2.45, 2.75) is 31.8 Å². The highest BCUT2D eigenvalue weighted by Gasteiger charge is 2.33. The van der Waals surface area contributed by atoms with Crippen LogP contribution in [0.5, 0.6) is 0 Å². The number of para-hydroxylation sites is 1. The number of nitrogens with one attached hydrogen (secondary N) is 1. The van der Waals surface area contributed by atoms with Gasteiger partial charge >= 0.3 is 0 Å². The van der Waals surface area contributed by atoms with Crippen molar-refractivity contribution in [2.75, 3.05) is 19.6 Å². The number of hydrogen-bond acceptors (Lipinski definition) is 4. The molecule has 2 heterocycles. The minimum absolute atomic E-state index is 0.715. The van der Waals surface area contributed by atoms with Crippen molar-refractivity contribution >= 4 is 21.6 Å². The highest BCUT2D eigenvalue weighted by molar-refractivity contribution is 7.18. The standard InChI is InChI=1S/C16H21N3S/c1-2-5-15-13(4-1)18-16(20-15)11-19-9-3-8-17-14(10-19)12-6-7-12/h1-2,4-5,12,14,17H,3,6-11H2. The molecule has 1 N–H and O–H groups in total. The van der Waals surface area contributed by atoms with Gasteiger partial charge in [0.1, 0.15) is 5.01 Å². The summed E-state index contributed by atoms with van der Waals surface area (Å²) < 4.78 is 1.31. The van der Waals surface area contributed by atoms with Crippen LogP contribution in [0.3, 0.4) is 0 Å². The van der Waals surface area contributed by atoms with Gasteiger partial charge in [-0.15, -0.1) is 11.3 Å². The normalized spacial score (nSPS) is 24.9. The van der Waals surface area contributed by atoms with Gasteiger partial charge in [-0.05, 0) is 50.4 Å². The quantitative estimate of drug-likeness (QED) is 0.941. The highest BCUT2D eigenvalue weighted by atomic mass is 32.1. The summed E-state index contributed by atoms with van der Waals surface area (Å²) in [7, 11) is 0. The molecule has 106 valence electrons. The summed E-state index contributed by atoms with van der Waals surface area (Å²) in [5.41, 5.74) is 1.15. The van der Waals surface area contributed by atoms with E-state index in [2.05, 4.69) is 34.5 Å². The van der Waals surface area contributed by atoms with Crippen molar-refractivity contribution in [3.63, 3.8) is 0 Å². The molecule has 0 spiro atoms. The molecular formula is C16H21N3S. The lowest BCUT2D eigenvalue weighted by molar-refractivity contribution is 0.250. The van der Waals surface area contributed by atoms with E-state index >= 15 is 0 Å². The summed E-state index contributed by atoms with van der Waals surface area (Å²) in [6.45, 7) is 4.59. The zero-order valence-corrected chi connectivity index (χ0v) is 12.5. The van der Waals surface area contributed by atoms with Crippen LogP contribution in [0.25, 0.3) is 10.2 Å². The molecule has 4 heteroatoms. The summed E-state index contributed by atoms with van der Waals surface area (Å²) in [6, 6.07) is 9.18. The average molecular weight is 287 g/mol. The minimum atomic E-state index is 0.715. The van der Waals surface area contributed by atoms with Crippen LogP contribution in [0.1, 0.15) is 24.3 Å². The van der Waals surface area contributed by atoms with Crippen LogP contribution in [0.2, 0.25) is 0 Å². The summed E-state index contributed by atoms with van der Waals surface area (Å²) in [5.74, 6) is 0.936. The number of rotatable bonds is 3. The van der Waals surface area contributed by atoms with Gasteiger partial charge in [0, 0.05) is 12.6 Å². The second kappa shape index (κ2) is 5.43. The fraction of sp³-hybridized carbons (Fsp3) is 0.562. The minimum Gasteiger partial charge on any atom is -0.312 e. The Labute approximate surface area is 124 Å². The van der Waals surface area contributed by atoms with Crippen LogP contribution >= 0.6 is 11.3 Å². The molecule has 2 aromatic rings. The number of aromatic nitrogens is 1. The zero-order valence-electron chi connectivity index (χ0n) is 11.7. The van der Waals surface area contributed by atoms with Crippen LogP contribution in [0, 0.1) is 5.92 Å². The molecule has 3 nitrogen and oxygen atoms in total. The molecule has 0 radical (unpaired) electrons. The number of nitrogens with zero attached hydrogens (tertiary/aromatic N) is 2. The first kappa shape index (κ1) is 12.7. The molecule has 0 amide bonds. The van der Waals surface area contributed by atoms with Gasteiger partial charge in [-0.25, -0.2) is 4.98 Å². The summed E-state index contributed by atoms with van der Waals surface area (Å²) in [5, 5.41) is 4.99. The monoisotopic (exact) mass is 287 g/mol. The van der Waals surface area contributed by atoms with Gasteiger partial charge in [0.05, 0.1) is 16.8 Å². The summed E-state index contributed by atoms with van der Waals surface area (Å²) in [6.07, 6.45) is 4.10. The average Bonchev–Trinajstić information content (AvgIpc) is 3.23. The molecule has 2 aliphatic rings. The lowest BCUT2D eigenvalue weighted by Gasteiger charge is -2.23. The molecule has 1 saturated carbocycles. The van der Waals surface area contributed by atoms with Crippen LogP contribution in [0.15, 0.2) is 24.3 Å². The third kappa shape index (κ3) is 2.73. The van der Waals surface area contributed by atoms with E-state index in [0.29, 0.717) is 6.04 Å².